The molecule has 0 aliphatic carbocycles. The number of thioether (sulfide) groups is 1. The summed E-state index contributed by atoms with van der Waals surface area (Å²) in [7, 11) is 0. The second-order valence-corrected chi connectivity index (χ2v) is 7.43. The Balaban J connectivity index is 0.00000208. The fraction of sp³-hybridized carbons (Fsp3) is 0.316. The summed E-state index contributed by atoms with van der Waals surface area (Å²) in [5.74, 6) is 0.155. The van der Waals surface area contributed by atoms with Crippen molar-refractivity contribution in [3.05, 3.63) is 53.6 Å². The number of amides is 1. The van der Waals surface area contributed by atoms with E-state index in [2.05, 4.69) is 31.2 Å². The average molecular weight is 363 g/mol. The number of rotatable bonds is 3. The Morgan fingerprint density at radius 2 is 1.92 bits per heavy atom. The van der Waals surface area contributed by atoms with Crippen molar-refractivity contribution >= 4 is 41.5 Å². The number of carbonyl (C=O) groups excluding carboxylic acids is 1. The van der Waals surface area contributed by atoms with E-state index in [1.807, 2.05) is 30.0 Å². The summed E-state index contributed by atoms with van der Waals surface area (Å²) < 4.78 is 0. The van der Waals surface area contributed by atoms with Crippen molar-refractivity contribution in [1.29, 1.82) is 0 Å². The highest BCUT2D eigenvalue weighted by Gasteiger charge is 2.27. The molecule has 3 nitrogen and oxygen atoms in total. The van der Waals surface area contributed by atoms with Crippen LogP contribution in [0.3, 0.4) is 0 Å². The van der Waals surface area contributed by atoms with Crippen LogP contribution >= 0.6 is 24.2 Å². The molecule has 1 atom stereocenters. The molecular weight excluding hydrogens is 340 g/mol. The third-order valence-corrected chi connectivity index (χ3v) is 5.33. The van der Waals surface area contributed by atoms with E-state index in [1.54, 1.807) is 11.8 Å². The van der Waals surface area contributed by atoms with Crippen molar-refractivity contribution in [1.82, 2.24) is 0 Å². The number of hydrogen-bond donors (Lipinski definition) is 1. The third-order valence-electron chi connectivity index (χ3n) is 4.23. The average Bonchev–Trinajstić information content (AvgIpc) is 2.56. The number of hydrogen-bond acceptors (Lipinski definition) is 3. The maximum absolute atomic E-state index is 12.9. The molecule has 1 heterocycles. The highest BCUT2D eigenvalue weighted by Crippen LogP contribution is 2.33. The van der Waals surface area contributed by atoms with Gasteiger partial charge in [0.25, 0.3) is 0 Å². The Morgan fingerprint density at radius 3 is 2.62 bits per heavy atom. The van der Waals surface area contributed by atoms with E-state index in [1.165, 1.54) is 5.56 Å². The van der Waals surface area contributed by atoms with Crippen LogP contribution < -0.4 is 10.6 Å². The van der Waals surface area contributed by atoms with E-state index in [0.717, 1.165) is 41.2 Å². The molecule has 0 saturated heterocycles. The minimum atomic E-state index is -0.120. The monoisotopic (exact) mass is 362 g/mol. The van der Waals surface area contributed by atoms with Crippen molar-refractivity contribution in [3.63, 3.8) is 0 Å². The first-order valence-corrected chi connectivity index (χ1v) is 8.86. The van der Waals surface area contributed by atoms with Gasteiger partial charge in [0, 0.05) is 22.8 Å². The Morgan fingerprint density at radius 1 is 1.21 bits per heavy atom. The molecule has 3 rings (SSSR count). The van der Waals surface area contributed by atoms with Gasteiger partial charge in [0.05, 0.1) is 5.25 Å². The zero-order chi connectivity index (χ0) is 16.4. The van der Waals surface area contributed by atoms with Gasteiger partial charge in [-0.1, -0.05) is 23.8 Å². The first-order valence-electron chi connectivity index (χ1n) is 7.98. The van der Waals surface area contributed by atoms with Gasteiger partial charge in [-0.2, -0.15) is 0 Å². The van der Waals surface area contributed by atoms with Gasteiger partial charge < -0.3 is 10.6 Å². The summed E-state index contributed by atoms with van der Waals surface area (Å²) in [5, 5.41) is -0.120. The molecule has 2 aromatic carbocycles. The molecule has 2 N–H and O–H groups in total. The number of halogens is 1. The molecule has 2 aromatic rings. The maximum Gasteiger partial charge on any atom is 0.240 e. The Labute approximate surface area is 154 Å². The molecule has 0 radical (unpaired) electrons. The minimum absolute atomic E-state index is 0. The van der Waals surface area contributed by atoms with Crippen LogP contribution in [0.25, 0.3) is 0 Å². The predicted molar refractivity (Wildman–Crippen MR) is 105 cm³/mol. The van der Waals surface area contributed by atoms with Gasteiger partial charge in [0.2, 0.25) is 5.91 Å². The molecule has 0 aromatic heterocycles. The quantitative estimate of drug-likeness (QED) is 0.647. The fourth-order valence-corrected chi connectivity index (χ4v) is 3.90. The molecule has 0 spiro atoms. The number of nitrogens with two attached hydrogens (primary N) is 1. The Kier molecular flexibility index (Phi) is 6.19. The molecule has 24 heavy (non-hydrogen) atoms. The zero-order valence-corrected chi connectivity index (χ0v) is 15.6. The molecule has 0 saturated carbocycles. The standard InChI is InChI=1S/C19H22N2OS.ClH/c1-13-8-10-15(11-9-13)23-14(2)19(22)21-12-4-5-16-17(20)6-3-7-18(16)21;/h3,6-11,14H,4-5,12,20H2,1-2H3;1H. The molecule has 0 fully saturated rings. The number of anilines is 2. The van der Waals surface area contributed by atoms with Crippen LogP contribution in [0.2, 0.25) is 0 Å². The van der Waals surface area contributed by atoms with Gasteiger partial charge in [0.15, 0.2) is 0 Å². The summed E-state index contributed by atoms with van der Waals surface area (Å²) in [6, 6.07) is 14.2. The summed E-state index contributed by atoms with van der Waals surface area (Å²) in [6.07, 6.45) is 1.92. The van der Waals surface area contributed by atoms with E-state index >= 15 is 0 Å². The largest absolute Gasteiger partial charge is 0.398 e. The second kappa shape index (κ2) is 7.95. The molecule has 0 bridgehead atoms. The van der Waals surface area contributed by atoms with Crippen molar-refractivity contribution in [2.75, 3.05) is 17.2 Å². The van der Waals surface area contributed by atoms with Crippen LogP contribution in [-0.2, 0) is 11.2 Å². The smallest absolute Gasteiger partial charge is 0.240 e. The normalized spacial score (nSPS) is 14.5. The SMILES string of the molecule is Cc1ccc(SC(C)C(=O)N2CCCc3c(N)cccc32)cc1.Cl. The van der Waals surface area contributed by atoms with Crippen LogP contribution in [0.1, 0.15) is 24.5 Å². The lowest BCUT2D eigenvalue weighted by molar-refractivity contribution is -0.117. The van der Waals surface area contributed by atoms with E-state index in [4.69, 9.17) is 5.73 Å². The number of aryl methyl sites for hydroxylation is 1. The molecule has 1 unspecified atom stereocenters. The van der Waals surface area contributed by atoms with Crippen molar-refractivity contribution in [3.8, 4) is 0 Å². The Bertz CT molecular complexity index is 718. The van der Waals surface area contributed by atoms with E-state index in [9.17, 15) is 4.79 Å². The predicted octanol–water partition coefficient (Wildman–Crippen LogP) is 4.46. The summed E-state index contributed by atoms with van der Waals surface area (Å²) in [4.78, 5) is 15.9. The van der Waals surface area contributed by atoms with E-state index in [-0.39, 0.29) is 23.6 Å². The number of benzene rings is 2. The summed E-state index contributed by atoms with van der Waals surface area (Å²) >= 11 is 1.61. The van der Waals surface area contributed by atoms with Crippen molar-refractivity contribution in [2.24, 2.45) is 0 Å². The third kappa shape index (κ3) is 3.87. The summed E-state index contributed by atoms with van der Waals surface area (Å²) in [6.45, 7) is 4.82. The van der Waals surface area contributed by atoms with Gasteiger partial charge in [-0.15, -0.1) is 24.2 Å². The van der Waals surface area contributed by atoms with E-state index in [0.29, 0.717) is 0 Å². The lowest BCUT2D eigenvalue weighted by Gasteiger charge is -2.32. The molecule has 1 aliphatic heterocycles. The highest BCUT2D eigenvalue weighted by atomic mass is 35.5. The van der Waals surface area contributed by atoms with Crippen LogP contribution in [0.4, 0.5) is 11.4 Å². The first-order chi connectivity index (χ1) is 11.1. The molecule has 1 aliphatic rings. The second-order valence-electron chi connectivity index (χ2n) is 6.01. The van der Waals surface area contributed by atoms with Gasteiger partial charge in [-0.3, -0.25) is 4.79 Å². The maximum atomic E-state index is 12.9. The topological polar surface area (TPSA) is 46.3 Å². The number of fused-ring (bicyclic) bond motifs is 1. The lowest BCUT2D eigenvalue weighted by atomic mass is 9.99. The van der Waals surface area contributed by atoms with Crippen molar-refractivity contribution < 1.29 is 4.79 Å². The summed E-state index contributed by atoms with van der Waals surface area (Å²) in [5.41, 5.74) is 10.2. The van der Waals surface area contributed by atoms with Gasteiger partial charge in [-0.25, -0.2) is 0 Å². The van der Waals surface area contributed by atoms with Crippen molar-refractivity contribution in [2.45, 2.75) is 36.8 Å². The zero-order valence-electron chi connectivity index (χ0n) is 14.0. The molecule has 1 amide bonds. The van der Waals surface area contributed by atoms with E-state index < -0.39 is 0 Å². The number of carbonyl (C=O) groups is 1. The molecule has 128 valence electrons. The number of nitrogen functional groups attached to an aromatic ring is 1. The van der Waals surface area contributed by atoms with Gasteiger partial charge in [-0.05, 0) is 56.5 Å². The number of nitrogens with zero attached hydrogens (tertiary/aromatic N) is 1. The first kappa shape index (κ1) is 18.7. The lowest BCUT2D eigenvalue weighted by Crippen LogP contribution is -2.40. The van der Waals surface area contributed by atoms with Crippen LogP contribution in [0.5, 0.6) is 0 Å². The minimum Gasteiger partial charge on any atom is -0.398 e. The van der Waals surface area contributed by atoms with Gasteiger partial charge >= 0.3 is 0 Å². The highest BCUT2D eigenvalue weighted by molar-refractivity contribution is 8.00. The van der Waals surface area contributed by atoms with Crippen LogP contribution in [0.15, 0.2) is 47.4 Å². The van der Waals surface area contributed by atoms with Crippen LogP contribution in [0, 0.1) is 6.92 Å². The van der Waals surface area contributed by atoms with Crippen LogP contribution in [-0.4, -0.2) is 17.7 Å². The van der Waals surface area contributed by atoms with Gasteiger partial charge in [0.1, 0.15) is 0 Å². The molecule has 5 heteroatoms. The Hall–Kier alpha value is -1.65. The fourth-order valence-electron chi connectivity index (χ4n) is 2.97. The molecular formula is C19H23ClN2OS.